The number of amides is 1. The number of ether oxygens (including phenoxy) is 2. The van der Waals surface area contributed by atoms with Gasteiger partial charge in [0.25, 0.3) is 5.91 Å². The highest BCUT2D eigenvalue weighted by Gasteiger charge is 2.22. The molecule has 1 aliphatic heterocycles. The molecule has 0 bridgehead atoms. The molecule has 27 heavy (non-hydrogen) atoms. The molecule has 1 aliphatic rings. The zero-order valence-electron chi connectivity index (χ0n) is 14.6. The number of hydrogen-bond acceptors (Lipinski definition) is 5. The van der Waals surface area contributed by atoms with E-state index in [4.69, 9.17) is 21.7 Å². The number of carbonyl (C=O) groups is 1. The highest BCUT2D eigenvalue weighted by molar-refractivity contribution is 8.26. The Morgan fingerprint density at radius 1 is 1.04 bits per heavy atom. The summed E-state index contributed by atoms with van der Waals surface area (Å²) in [6.07, 6.45) is 4.40. The highest BCUT2D eigenvalue weighted by atomic mass is 32.2. The van der Waals surface area contributed by atoms with Gasteiger partial charge in [0.05, 0.1) is 4.91 Å². The lowest BCUT2D eigenvalue weighted by atomic mass is 10.1. The molecule has 0 saturated carbocycles. The summed E-state index contributed by atoms with van der Waals surface area (Å²) in [6, 6.07) is 15.4. The second kappa shape index (κ2) is 9.39. The van der Waals surface area contributed by atoms with Gasteiger partial charge in [0.1, 0.15) is 29.0 Å². The van der Waals surface area contributed by atoms with Crippen LogP contribution in [0, 0.1) is 0 Å². The van der Waals surface area contributed by atoms with Crippen molar-refractivity contribution in [2.45, 2.75) is 6.42 Å². The molecule has 0 aromatic heterocycles. The summed E-state index contributed by atoms with van der Waals surface area (Å²) in [4.78, 5) is 12.4. The van der Waals surface area contributed by atoms with Gasteiger partial charge in [0, 0.05) is 5.56 Å². The standard InChI is InChI=1S/C21H19NO3S2/c1-2-7-15-8-3-5-10-17(15)24-12-13-25-18-11-6-4-9-16(18)14-19-20(23)22-21(26)27-19/h2-6,8-11,14H,1,7,12-13H2,(H,22,23,26)/b19-14-. The highest BCUT2D eigenvalue weighted by Crippen LogP contribution is 2.29. The topological polar surface area (TPSA) is 47.6 Å². The Morgan fingerprint density at radius 2 is 1.70 bits per heavy atom. The molecular weight excluding hydrogens is 378 g/mol. The van der Waals surface area contributed by atoms with Gasteiger partial charge in [-0.2, -0.15) is 0 Å². The predicted molar refractivity (Wildman–Crippen MR) is 114 cm³/mol. The van der Waals surface area contributed by atoms with Crippen LogP contribution < -0.4 is 14.8 Å². The molecule has 4 nitrogen and oxygen atoms in total. The van der Waals surface area contributed by atoms with Gasteiger partial charge in [0.2, 0.25) is 0 Å². The summed E-state index contributed by atoms with van der Waals surface area (Å²) in [7, 11) is 0. The van der Waals surface area contributed by atoms with Crippen molar-refractivity contribution in [2.75, 3.05) is 13.2 Å². The van der Waals surface area contributed by atoms with Gasteiger partial charge >= 0.3 is 0 Å². The van der Waals surface area contributed by atoms with Crippen molar-refractivity contribution in [1.29, 1.82) is 0 Å². The monoisotopic (exact) mass is 397 g/mol. The molecule has 2 aromatic rings. The first kappa shape index (κ1) is 19.2. The lowest BCUT2D eigenvalue weighted by Gasteiger charge is -2.12. The molecule has 1 amide bonds. The maximum Gasteiger partial charge on any atom is 0.263 e. The number of allylic oxidation sites excluding steroid dienone is 1. The molecule has 0 aliphatic carbocycles. The van der Waals surface area contributed by atoms with E-state index in [0.29, 0.717) is 28.2 Å². The molecular formula is C21H19NO3S2. The lowest BCUT2D eigenvalue weighted by Crippen LogP contribution is -2.17. The van der Waals surface area contributed by atoms with Crippen molar-refractivity contribution >= 4 is 40.3 Å². The summed E-state index contributed by atoms with van der Waals surface area (Å²) >= 11 is 6.27. The first-order chi connectivity index (χ1) is 13.2. The number of para-hydroxylation sites is 2. The van der Waals surface area contributed by atoms with Crippen molar-refractivity contribution in [1.82, 2.24) is 5.32 Å². The van der Waals surface area contributed by atoms with Crippen LogP contribution in [0.2, 0.25) is 0 Å². The minimum Gasteiger partial charge on any atom is -0.490 e. The van der Waals surface area contributed by atoms with Crippen molar-refractivity contribution < 1.29 is 14.3 Å². The van der Waals surface area contributed by atoms with Gasteiger partial charge in [-0.15, -0.1) is 6.58 Å². The molecule has 0 spiro atoms. The third-order valence-electron chi connectivity index (χ3n) is 3.78. The quantitative estimate of drug-likeness (QED) is 0.310. The van der Waals surface area contributed by atoms with E-state index < -0.39 is 0 Å². The average molecular weight is 398 g/mol. The summed E-state index contributed by atoms with van der Waals surface area (Å²) in [5, 5.41) is 2.61. The van der Waals surface area contributed by atoms with Crippen LogP contribution in [0.4, 0.5) is 0 Å². The number of rotatable bonds is 8. The Kier molecular flexibility index (Phi) is 6.68. The number of thiocarbonyl (C=S) groups is 1. The number of nitrogens with one attached hydrogen (secondary N) is 1. The largest absolute Gasteiger partial charge is 0.490 e. The average Bonchev–Trinajstić information content (AvgIpc) is 2.98. The molecule has 6 heteroatoms. The summed E-state index contributed by atoms with van der Waals surface area (Å²) in [5.74, 6) is 1.35. The zero-order chi connectivity index (χ0) is 19.1. The van der Waals surface area contributed by atoms with E-state index >= 15 is 0 Å². The summed E-state index contributed by atoms with van der Waals surface area (Å²) in [5.41, 5.74) is 1.92. The molecule has 1 N–H and O–H groups in total. The first-order valence-electron chi connectivity index (χ1n) is 8.45. The molecule has 1 fully saturated rings. The smallest absolute Gasteiger partial charge is 0.263 e. The van der Waals surface area contributed by atoms with Crippen LogP contribution in [0.1, 0.15) is 11.1 Å². The summed E-state index contributed by atoms with van der Waals surface area (Å²) < 4.78 is 12.2. The first-order valence-corrected chi connectivity index (χ1v) is 9.68. The molecule has 1 saturated heterocycles. The van der Waals surface area contributed by atoms with E-state index in [2.05, 4.69) is 11.9 Å². The Labute approximate surface area is 168 Å². The normalized spacial score (nSPS) is 14.9. The molecule has 138 valence electrons. The second-order valence-corrected chi connectivity index (χ2v) is 7.41. The van der Waals surface area contributed by atoms with Crippen LogP contribution in [0.15, 0.2) is 66.1 Å². The third kappa shape index (κ3) is 5.21. The minimum absolute atomic E-state index is 0.179. The molecule has 2 aromatic carbocycles. The van der Waals surface area contributed by atoms with E-state index in [0.717, 1.165) is 23.3 Å². The van der Waals surface area contributed by atoms with Crippen LogP contribution in [-0.2, 0) is 11.2 Å². The maximum absolute atomic E-state index is 11.8. The van der Waals surface area contributed by atoms with Crippen LogP contribution in [-0.4, -0.2) is 23.4 Å². The van der Waals surface area contributed by atoms with Crippen LogP contribution in [0.3, 0.4) is 0 Å². The third-order valence-corrected chi connectivity index (χ3v) is 4.95. The SMILES string of the molecule is C=CCc1ccccc1OCCOc1ccccc1/C=C1\SC(=S)NC1=O. The second-order valence-electron chi connectivity index (χ2n) is 5.69. The molecule has 3 rings (SSSR count). The molecule has 1 heterocycles. The van der Waals surface area contributed by atoms with Crippen molar-refractivity contribution in [3.63, 3.8) is 0 Å². The van der Waals surface area contributed by atoms with Gasteiger partial charge in [-0.1, -0.05) is 66.5 Å². The number of carbonyl (C=O) groups excluding carboxylic acids is 1. The van der Waals surface area contributed by atoms with Gasteiger partial charge in [-0.05, 0) is 30.2 Å². The number of thioether (sulfide) groups is 1. The Morgan fingerprint density at radius 3 is 2.41 bits per heavy atom. The van der Waals surface area contributed by atoms with E-state index in [1.54, 1.807) is 6.08 Å². The molecule has 0 unspecified atom stereocenters. The van der Waals surface area contributed by atoms with Crippen molar-refractivity contribution in [3.05, 3.63) is 77.2 Å². The fourth-order valence-electron chi connectivity index (χ4n) is 2.57. The Bertz CT molecular complexity index is 893. The zero-order valence-corrected chi connectivity index (χ0v) is 16.3. The van der Waals surface area contributed by atoms with Crippen LogP contribution >= 0.6 is 24.0 Å². The van der Waals surface area contributed by atoms with E-state index in [1.807, 2.05) is 54.6 Å². The fourth-order valence-corrected chi connectivity index (χ4v) is 3.60. The number of hydrogen-bond donors (Lipinski definition) is 1. The maximum atomic E-state index is 11.8. The minimum atomic E-state index is -0.179. The van der Waals surface area contributed by atoms with Crippen molar-refractivity contribution in [3.8, 4) is 11.5 Å². The van der Waals surface area contributed by atoms with E-state index in [9.17, 15) is 4.79 Å². The fraction of sp³-hybridized carbons (Fsp3) is 0.143. The van der Waals surface area contributed by atoms with Crippen LogP contribution in [0.25, 0.3) is 6.08 Å². The van der Waals surface area contributed by atoms with E-state index in [-0.39, 0.29) is 5.91 Å². The summed E-state index contributed by atoms with van der Waals surface area (Å²) in [6.45, 7) is 4.58. The molecule has 0 atom stereocenters. The Hall–Kier alpha value is -2.57. The van der Waals surface area contributed by atoms with Gasteiger partial charge in [-0.25, -0.2) is 0 Å². The van der Waals surface area contributed by atoms with Gasteiger partial charge in [0.15, 0.2) is 0 Å². The van der Waals surface area contributed by atoms with E-state index in [1.165, 1.54) is 11.8 Å². The van der Waals surface area contributed by atoms with Crippen LogP contribution in [0.5, 0.6) is 11.5 Å². The van der Waals surface area contributed by atoms with Gasteiger partial charge < -0.3 is 14.8 Å². The predicted octanol–water partition coefficient (Wildman–Crippen LogP) is 4.36. The lowest BCUT2D eigenvalue weighted by molar-refractivity contribution is -0.115. The van der Waals surface area contributed by atoms with Crippen molar-refractivity contribution in [2.24, 2.45) is 0 Å². The van der Waals surface area contributed by atoms with Gasteiger partial charge in [-0.3, -0.25) is 4.79 Å². The number of benzene rings is 2. The Balaban J connectivity index is 1.61. The molecule has 0 radical (unpaired) electrons.